The highest BCUT2D eigenvalue weighted by Gasteiger charge is 2.30. The average Bonchev–Trinajstić information content (AvgIpc) is 2.83. The summed E-state index contributed by atoms with van der Waals surface area (Å²) in [5, 5.41) is 6.17. The van der Waals surface area contributed by atoms with Crippen LogP contribution in [0.5, 0.6) is 0 Å². The SMILES string of the molecule is CCC1CN(S(=O)(=O)c2cn[nH]c2)CCO1. The number of nitrogens with one attached hydrogen (secondary N) is 1. The molecule has 16 heavy (non-hydrogen) atoms. The van der Waals surface area contributed by atoms with Crippen molar-refractivity contribution in [2.75, 3.05) is 19.7 Å². The molecule has 7 heteroatoms. The minimum Gasteiger partial charge on any atom is -0.375 e. The van der Waals surface area contributed by atoms with E-state index in [4.69, 9.17) is 4.74 Å². The zero-order valence-electron chi connectivity index (χ0n) is 9.09. The number of ether oxygens (including phenoxy) is 1. The van der Waals surface area contributed by atoms with Crippen LogP contribution in [0.4, 0.5) is 0 Å². The zero-order chi connectivity index (χ0) is 11.6. The van der Waals surface area contributed by atoms with Gasteiger partial charge < -0.3 is 4.74 Å². The molecular formula is C9H15N3O3S. The topological polar surface area (TPSA) is 75.3 Å². The van der Waals surface area contributed by atoms with Crippen LogP contribution in [-0.4, -0.2) is 48.7 Å². The Morgan fingerprint density at radius 1 is 1.69 bits per heavy atom. The van der Waals surface area contributed by atoms with Crippen LogP contribution in [0.3, 0.4) is 0 Å². The number of hydrogen-bond donors (Lipinski definition) is 1. The maximum Gasteiger partial charge on any atom is 0.246 e. The molecule has 1 aliphatic rings. The summed E-state index contributed by atoms with van der Waals surface area (Å²) in [5.41, 5.74) is 0. The third-order valence-electron chi connectivity index (χ3n) is 2.67. The van der Waals surface area contributed by atoms with Crippen LogP contribution in [0.15, 0.2) is 17.3 Å². The van der Waals surface area contributed by atoms with E-state index in [9.17, 15) is 8.42 Å². The van der Waals surface area contributed by atoms with Crippen LogP contribution in [-0.2, 0) is 14.8 Å². The standard InChI is InChI=1S/C9H15N3O3S/c1-2-8-7-12(3-4-15-8)16(13,14)9-5-10-11-6-9/h5-6,8H,2-4,7H2,1H3,(H,10,11). The Balaban J connectivity index is 2.18. The van der Waals surface area contributed by atoms with Crippen molar-refractivity contribution < 1.29 is 13.2 Å². The molecular weight excluding hydrogens is 230 g/mol. The lowest BCUT2D eigenvalue weighted by Crippen LogP contribution is -2.45. The van der Waals surface area contributed by atoms with Crippen LogP contribution in [0.1, 0.15) is 13.3 Å². The van der Waals surface area contributed by atoms with Crippen molar-refractivity contribution in [3.05, 3.63) is 12.4 Å². The molecule has 0 spiro atoms. The van der Waals surface area contributed by atoms with E-state index in [-0.39, 0.29) is 11.0 Å². The van der Waals surface area contributed by atoms with E-state index in [1.165, 1.54) is 16.7 Å². The third kappa shape index (κ3) is 2.11. The highest BCUT2D eigenvalue weighted by atomic mass is 32.2. The van der Waals surface area contributed by atoms with Gasteiger partial charge in [-0.3, -0.25) is 5.10 Å². The van der Waals surface area contributed by atoms with Crippen LogP contribution < -0.4 is 0 Å². The van der Waals surface area contributed by atoms with Crippen LogP contribution >= 0.6 is 0 Å². The third-order valence-corrected chi connectivity index (χ3v) is 4.50. The Morgan fingerprint density at radius 2 is 2.50 bits per heavy atom. The minimum atomic E-state index is -3.40. The molecule has 2 heterocycles. The molecule has 1 unspecified atom stereocenters. The molecule has 1 saturated heterocycles. The molecule has 1 N–H and O–H groups in total. The van der Waals surface area contributed by atoms with Crippen LogP contribution in [0, 0.1) is 0 Å². The second-order valence-corrected chi connectivity index (χ2v) is 5.64. The Labute approximate surface area is 94.6 Å². The van der Waals surface area contributed by atoms with Crippen LogP contribution in [0.25, 0.3) is 0 Å². The van der Waals surface area contributed by atoms with Crippen molar-refractivity contribution in [1.29, 1.82) is 0 Å². The molecule has 90 valence electrons. The monoisotopic (exact) mass is 245 g/mol. The molecule has 1 aromatic heterocycles. The van der Waals surface area contributed by atoms with E-state index in [0.717, 1.165) is 6.42 Å². The number of aromatic amines is 1. The van der Waals surface area contributed by atoms with Gasteiger partial charge >= 0.3 is 0 Å². The van der Waals surface area contributed by atoms with Gasteiger partial charge in [-0.05, 0) is 6.42 Å². The average molecular weight is 245 g/mol. The van der Waals surface area contributed by atoms with Crippen molar-refractivity contribution >= 4 is 10.0 Å². The first-order valence-corrected chi connectivity index (χ1v) is 6.69. The van der Waals surface area contributed by atoms with Gasteiger partial charge in [0.25, 0.3) is 0 Å². The van der Waals surface area contributed by atoms with Gasteiger partial charge in [0.2, 0.25) is 10.0 Å². The van der Waals surface area contributed by atoms with E-state index in [2.05, 4.69) is 10.2 Å². The second-order valence-electron chi connectivity index (χ2n) is 3.70. The Bertz CT molecular complexity index is 429. The predicted octanol–water partition coefficient (Wildman–Crippen LogP) is 0.209. The summed E-state index contributed by atoms with van der Waals surface area (Å²) >= 11 is 0. The normalized spacial score (nSPS) is 23.4. The zero-order valence-corrected chi connectivity index (χ0v) is 9.90. The molecule has 1 aliphatic heterocycles. The van der Waals surface area contributed by atoms with Crippen molar-refractivity contribution in [1.82, 2.24) is 14.5 Å². The molecule has 6 nitrogen and oxygen atoms in total. The fraction of sp³-hybridized carbons (Fsp3) is 0.667. The van der Waals surface area contributed by atoms with Gasteiger partial charge in [-0.2, -0.15) is 9.40 Å². The van der Waals surface area contributed by atoms with Gasteiger partial charge in [0, 0.05) is 19.3 Å². The van der Waals surface area contributed by atoms with Gasteiger partial charge in [0.1, 0.15) is 4.90 Å². The lowest BCUT2D eigenvalue weighted by Gasteiger charge is -2.31. The van der Waals surface area contributed by atoms with Crippen LogP contribution in [0.2, 0.25) is 0 Å². The lowest BCUT2D eigenvalue weighted by molar-refractivity contribution is -0.00277. The van der Waals surface area contributed by atoms with Crippen molar-refractivity contribution in [3.63, 3.8) is 0 Å². The van der Waals surface area contributed by atoms with Crippen molar-refractivity contribution in [3.8, 4) is 0 Å². The van der Waals surface area contributed by atoms with Crippen molar-refractivity contribution in [2.45, 2.75) is 24.3 Å². The molecule has 1 atom stereocenters. The molecule has 0 aliphatic carbocycles. The molecule has 1 aromatic rings. The van der Waals surface area contributed by atoms with E-state index in [1.54, 1.807) is 0 Å². The fourth-order valence-electron chi connectivity index (χ4n) is 1.69. The maximum atomic E-state index is 12.1. The van der Waals surface area contributed by atoms with E-state index in [1.807, 2.05) is 6.92 Å². The summed E-state index contributed by atoms with van der Waals surface area (Å²) in [7, 11) is -3.40. The maximum absolute atomic E-state index is 12.1. The van der Waals surface area contributed by atoms with Gasteiger partial charge in [0.05, 0.1) is 18.9 Å². The summed E-state index contributed by atoms with van der Waals surface area (Å²) in [6.07, 6.45) is 3.53. The predicted molar refractivity (Wildman–Crippen MR) is 57.4 cm³/mol. The number of aromatic nitrogens is 2. The number of sulfonamides is 1. The Kier molecular flexibility index (Phi) is 3.27. The first kappa shape index (κ1) is 11.6. The molecule has 0 amide bonds. The minimum absolute atomic E-state index is 0.00424. The highest BCUT2D eigenvalue weighted by Crippen LogP contribution is 2.18. The van der Waals surface area contributed by atoms with Gasteiger partial charge in [-0.1, -0.05) is 6.92 Å². The molecule has 0 bridgehead atoms. The van der Waals surface area contributed by atoms with Gasteiger partial charge in [-0.15, -0.1) is 0 Å². The number of rotatable bonds is 3. The number of nitrogens with zero attached hydrogens (tertiary/aromatic N) is 2. The lowest BCUT2D eigenvalue weighted by atomic mass is 10.2. The largest absolute Gasteiger partial charge is 0.375 e. The van der Waals surface area contributed by atoms with Gasteiger partial charge in [0.15, 0.2) is 0 Å². The summed E-state index contributed by atoms with van der Waals surface area (Å²) in [4.78, 5) is 0.212. The smallest absolute Gasteiger partial charge is 0.246 e. The molecule has 0 aromatic carbocycles. The molecule has 0 saturated carbocycles. The summed E-state index contributed by atoms with van der Waals surface area (Å²) < 4.78 is 31.1. The molecule has 0 radical (unpaired) electrons. The Morgan fingerprint density at radius 3 is 3.12 bits per heavy atom. The second kappa shape index (κ2) is 4.52. The highest BCUT2D eigenvalue weighted by molar-refractivity contribution is 7.89. The molecule has 2 rings (SSSR count). The van der Waals surface area contributed by atoms with E-state index >= 15 is 0 Å². The number of hydrogen-bond acceptors (Lipinski definition) is 4. The van der Waals surface area contributed by atoms with E-state index < -0.39 is 10.0 Å². The fourth-order valence-corrected chi connectivity index (χ4v) is 3.05. The first-order chi connectivity index (χ1) is 7.64. The molecule has 1 fully saturated rings. The number of H-pyrrole nitrogens is 1. The summed E-state index contributed by atoms with van der Waals surface area (Å²) in [6, 6.07) is 0. The Hall–Kier alpha value is -0.920. The number of morpholine rings is 1. The quantitative estimate of drug-likeness (QED) is 0.826. The van der Waals surface area contributed by atoms with E-state index in [0.29, 0.717) is 19.7 Å². The van der Waals surface area contributed by atoms with Gasteiger partial charge in [-0.25, -0.2) is 8.42 Å². The van der Waals surface area contributed by atoms with Crippen molar-refractivity contribution in [2.24, 2.45) is 0 Å². The summed E-state index contributed by atoms with van der Waals surface area (Å²) in [5.74, 6) is 0. The first-order valence-electron chi connectivity index (χ1n) is 5.25. The summed E-state index contributed by atoms with van der Waals surface area (Å²) in [6.45, 7) is 3.27.